The SMILES string of the molecule is CC(C)c1cccc(N2CCN(Cc3ccccc3)CC2COc2ccc(OC(C)(C)C)cc2)c1. The van der Waals surface area contributed by atoms with Crippen LogP contribution in [-0.2, 0) is 6.54 Å². The third kappa shape index (κ3) is 7.25. The highest BCUT2D eigenvalue weighted by molar-refractivity contribution is 5.51. The molecule has 186 valence electrons. The van der Waals surface area contributed by atoms with E-state index in [1.54, 1.807) is 0 Å². The van der Waals surface area contributed by atoms with Gasteiger partial charge in [0.2, 0.25) is 0 Å². The standard InChI is InChI=1S/C31H40N2O2/c1-24(2)26-12-9-13-27(20-26)33-19-18-32(21-25-10-7-6-8-11-25)22-28(33)23-34-29-14-16-30(17-15-29)35-31(3,4)5/h6-17,20,24,28H,18-19,21-23H2,1-5H3. The Morgan fingerprint density at radius 1 is 0.857 bits per heavy atom. The topological polar surface area (TPSA) is 24.9 Å². The molecule has 0 bridgehead atoms. The van der Waals surface area contributed by atoms with Gasteiger partial charge in [0.1, 0.15) is 23.7 Å². The number of nitrogens with zero attached hydrogens (tertiary/aromatic N) is 2. The van der Waals surface area contributed by atoms with Gasteiger partial charge in [-0.25, -0.2) is 0 Å². The molecule has 3 aromatic carbocycles. The van der Waals surface area contributed by atoms with Crippen LogP contribution < -0.4 is 14.4 Å². The molecule has 0 spiro atoms. The van der Waals surface area contributed by atoms with Crippen LogP contribution in [0.25, 0.3) is 0 Å². The molecule has 1 aliphatic rings. The van der Waals surface area contributed by atoms with E-state index in [0.29, 0.717) is 12.5 Å². The highest BCUT2D eigenvalue weighted by Crippen LogP contribution is 2.27. The van der Waals surface area contributed by atoms with Crippen LogP contribution in [-0.4, -0.2) is 42.8 Å². The lowest BCUT2D eigenvalue weighted by Crippen LogP contribution is -2.55. The van der Waals surface area contributed by atoms with Crippen LogP contribution in [0.2, 0.25) is 0 Å². The molecule has 4 rings (SSSR count). The van der Waals surface area contributed by atoms with Crippen molar-refractivity contribution in [3.63, 3.8) is 0 Å². The van der Waals surface area contributed by atoms with Gasteiger partial charge >= 0.3 is 0 Å². The molecule has 0 amide bonds. The monoisotopic (exact) mass is 472 g/mol. The third-order valence-corrected chi connectivity index (χ3v) is 6.37. The molecule has 0 N–H and O–H groups in total. The fraction of sp³-hybridized carbons (Fsp3) is 0.419. The van der Waals surface area contributed by atoms with E-state index in [2.05, 4.69) is 99.0 Å². The van der Waals surface area contributed by atoms with Gasteiger partial charge in [0.25, 0.3) is 0 Å². The normalized spacial score (nSPS) is 17.0. The summed E-state index contributed by atoms with van der Waals surface area (Å²) in [5.74, 6) is 2.25. The van der Waals surface area contributed by atoms with E-state index in [1.165, 1.54) is 16.8 Å². The quantitative estimate of drug-likeness (QED) is 0.362. The van der Waals surface area contributed by atoms with Gasteiger partial charge in [0, 0.05) is 31.9 Å². The van der Waals surface area contributed by atoms with Crippen LogP contribution in [0.15, 0.2) is 78.9 Å². The van der Waals surface area contributed by atoms with Crippen molar-refractivity contribution in [1.82, 2.24) is 4.90 Å². The van der Waals surface area contributed by atoms with E-state index in [-0.39, 0.29) is 11.6 Å². The highest BCUT2D eigenvalue weighted by Gasteiger charge is 2.28. The molecule has 0 saturated carbocycles. The Labute approximate surface area is 211 Å². The zero-order valence-electron chi connectivity index (χ0n) is 21.9. The molecule has 4 heteroatoms. The summed E-state index contributed by atoms with van der Waals surface area (Å²) in [6.07, 6.45) is 0. The van der Waals surface area contributed by atoms with Crippen molar-refractivity contribution in [2.75, 3.05) is 31.1 Å². The molecule has 1 aliphatic heterocycles. The van der Waals surface area contributed by atoms with Gasteiger partial charge in [-0.15, -0.1) is 0 Å². The summed E-state index contributed by atoms with van der Waals surface area (Å²) in [7, 11) is 0. The van der Waals surface area contributed by atoms with Crippen molar-refractivity contribution < 1.29 is 9.47 Å². The first-order chi connectivity index (χ1) is 16.8. The fourth-order valence-corrected chi connectivity index (χ4v) is 4.60. The van der Waals surface area contributed by atoms with Crippen molar-refractivity contribution in [3.05, 3.63) is 90.0 Å². The van der Waals surface area contributed by atoms with Crippen LogP contribution in [0.4, 0.5) is 5.69 Å². The van der Waals surface area contributed by atoms with Gasteiger partial charge in [-0.2, -0.15) is 0 Å². The Bertz CT molecular complexity index is 1060. The van der Waals surface area contributed by atoms with Crippen molar-refractivity contribution in [3.8, 4) is 11.5 Å². The van der Waals surface area contributed by atoms with E-state index >= 15 is 0 Å². The van der Waals surface area contributed by atoms with Crippen molar-refractivity contribution >= 4 is 5.69 Å². The predicted molar refractivity (Wildman–Crippen MR) is 146 cm³/mol. The average Bonchev–Trinajstić information content (AvgIpc) is 2.83. The maximum absolute atomic E-state index is 6.33. The van der Waals surface area contributed by atoms with Gasteiger partial charge < -0.3 is 14.4 Å². The second-order valence-electron chi connectivity index (χ2n) is 10.8. The zero-order valence-corrected chi connectivity index (χ0v) is 21.9. The molecular formula is C31H40N2O2. The van der Waals surface area contributed by atoms with Crippen LogP contribution in [0.1, 0.15) is 51.7 Å². The molecule has 0 aromatic heterocycles. The number of hydrogen-bond donors (Lipinski definition) is 0. The number of hydrogen-bond acceptors (Lipinski definition) is 4. The lowest BCUT2D eigenvalue weighted by atomic mass is 10.0. The second-order valence-corrected chi connectivity index (χ2v) is 10.8. The lowest BCUT2D eigenvalue weighted by molar-refractivity contribution is 0.130. The smallest absolute Gasteiger partial charge is 0.120 e. The third-order valence-electron chi connectivity index (χ3n) is 6.37. The summed E-state index contributed by atoms with van der Waals surface area (Å²) >= 11 is 0. The minimum atomic E-state index is -0.211. The number of benzene rings is 3. The molecule has 0 radical (unpaired) electrons. The molecule has 35 heavy (non-hydrogen) atoms. The predicted octanol–water partition coefficient (Wildman–Crippen LogP) is 6.76. The molecule has 0 aliphatic carbocycles. The van der Waals surface area contributed by atoms with Crippen LogP contribution in [0.3, 0.4) is 0 Å². The summed E-state index contributed by atoms with van der Waals surface area (Å²) in [6.45, 7) is 15.3. The number of anilines is 1. The number of rotatable bonds is 8. The Hall–Kier alpha value is -2.98. The molecular weight excluding hydrogens is 432 g/mol. The van der Waals surface area contributed by atoms with E-state index in [4.69, 9.17) is 9.47 Å². The number of ether oxygens (including phenoxy) is 2. The maximum Gasteiger partial charge on any atom is 0.120 e. The Kier molecular flexibility index (Phi) is 8.02. The van der Waals surface area contributed by atoms with Gasteiger partial charge in [0.05, 0.1) is 6.04 Å². The lowest BCUT2D eigenvalue weighted by Gasteiger charge is -2.43. The molecule has 1 unspecified atom stereocenters. The first-order valence-electron chi connectivity index (χ1n) is 12.8. The largest absolute Gasteiger partial charge is 0.491 e. The van der Waals surface area contributed by atoms with Gasteiger partial charge in [-0.3, -0.25) is 4.90 Å². The summed E-state index contributed by atoms with van der Waals surface area (Å²) in [5, 5.41) is 0. The minimum absolute atomic E-state index is 0.211. The molecule has 1 heterocycles. The van der Waals surface area contributed by atoms with E-state index in [0.717, 1.165) is 37.7 Å². The van der Waals surface area contributed by atoms with Crippen LogP contribution in [0.5, 0.6) is 11.5 Å². The second kappa shape index (κ2) is 11.2. The summed E-state index contributed by atoms with van der Waals surface area (Å²) in [6, 6.07) is 28.0. The minimum Gasteiger partial charge on any atom is -0.491 e. The summed E-state index contributed by atoms with van der Waals surface area (Å²) in [5.41, 5.74) is 3.82. The Balaban J connectivity index is 1.48. The van der Waals surface area contributed by atoms with Gasteiger partial charge in [-0.1, -0.05) is 56.3 Å². The molecule has 4 nitrogen and oxygen atoms in total. The van der Waals surface area contributed by atoms with Crippen LogP contribution >= 0.6 is 0 Å². The van der Waals surface area contributed by atoms with Gasteiger partial charge in [-0.05, 0) is 74.2 Å². The molecule has 3 aromatic rings. The van der Waals surface area contributed by atoms with Crippen molar-refractivity contribution in [1.29, 1.82) is 0 Å². The number of piperazine rings is 1. The first kappa shape index (κ1) is 25.1. The van der Waals surface area contributed by atoms with E-state index in [9.17, 15) is 0 Å². The summed E-state index contributed by atoms with van der Waals surface area (Å²) in [4.78, 5) is 5.08. The Morgan fingerprint density at radius 2 is 1.57 bits per heavy atom. The molecule has 1 atom stereocenters. The molecule has 1 fully saturated rings. The van der Waals surface area contributed by atoms with Crippen LogP contribution in [0, 0.1) is 0 Å². The fourth-order valence-electron chi connectivity index (χ4n) is 4.60. The Morgan fingerprint density at radius 3 is 2.26 bits per heavy atom. The van der Waals surface area contributed by atoms with E-state index < -0.39 is 0 Å². The van der Waals surface area contributed by atoms with Gasteiger partial charge in [0.15, 0.2) is 0 Å². The maximum atomic E-state index is 6.33. The van der Waals surface area contributed by atoms with Crippen molar-refractivity contribution in [2.24, 2.45) is 0 Å². The van der Waals surface area contributed by atoms with E-state index in [1.807, 2.05) is 24.3 Å². The summed E-state index contributed by atoms with van der Waals surface area (Å²) < 4.78 is 12.3. The molecule has 1 saturated heterocycles. The highest BCUT2D eigenvalue weighted by atomic mass is 16.5. The zero-order chi connectivity index (χ0) is 24.8. The van der Waals surface area contributed by atoms with Crippen molar-refractivity contribution in [2.45, 2.75) is 58.7 Å². The average molecular weight is 473 g/mol. The first-order valence-corrected chi connectivity index (χ1v) is 12.8.